The molecule has 1 amide bonds. The molecule has 16 heavy (non-hydrogen) atoms. The van der Waals surface area contributed by atoms with E-state index in [-0.39, 0.29) is 5.91 Å². The third-order valence-electron chi connectivity index (χ3n) is 2.82. The Bertz CT molecular complexity index is 354. The van der Waals surface area contributed by atoms with Gasteiger partial charge in [0.05, 0.1) is 4.88 Å². The second-order valence-electron chi connectivity index (χ2n) is 4.06. The number of unbranched alkanes of at least 4 members (excludes halogenated alkanes) is 1. The molecule has 0 spiro atoms. The lowest BCUT2D eigenvalue weighted by Gasteiger charge is -2.01. The van der Waals surface area contributed by atoms with Gasteiger partial charge in [-0.25, -0.2) is 0 Å². The van der Waals surface area contributed by atoms with E-state index >= 15 is 0 Å². The molecule has 2 rings (SSSR count). The smallest absolute Gasteiger partial charge is 0.261 e. The van der Waals surface area contributed by atoms with Crippen molar-refractivity contribution in [1.29, 1.82) is 0 Å². The van der Waals surface area contributed by atoms with Crippen molar-refractivity contribution < 1.29 is 4.79 Å². The van der Waals surface area contributed by atoms with Crippen LogP contribution in [0.2, 0.25) is 0 Å². The third-order valence-corrected chi connectivity index (χ3v) is 4.82. The number of thiophene rings is 1. The number of rotatable bonds is 5. The number of fused-ring (bicyclic) bond motifs is 1. The molecule has 0 fully saturated rings. The van der Waals surface area contributed by atoms with Crippen molar-refractivity contribution in [3.05, 3.63) is 21.4 Å². The van der Waals surface area contributed by atoms with E-state index in [0.29, 0.717) is 0 Å². The molecule has 0 radical (unpaired) electrons. The van der Waals surface area contributed by atoms with Gasteiger partial charge >= 0.3 is 0 Å². The third kappa shape index (κ3) is 2.97. The van der Waals surface area contributed by atoms with Crippen molar-refractivity contribution in [1.82, 2.24) is 5.32 Å². The van der Waals surface area contributed by atoms with Gasteiger partial charge in [-0.2, -0.15) is 0 Å². The van der Waals surface area contributed by atoms with Crippen LogP contribution in [0, 0.1) is 0 Å². The van der Waals surface area contributed by atoms with Crippen LogP contribution in [-0.4, -0.2) is 16.9 Å². The summed E-state index contributed by atoms with van der Waals surface area (Å²) < 4.78 is 1.17. The number of amides is 1. The predicted octanol–water partition coefficient (Wildman–Crippen LogP) is 3.18. The van der Waals surface area contributed by atoms with E-state index in [9.17, 15) is 4.79 Å². The van der Waals surface area contributed by atoms with Crippen molar-refractivity contribution >= 4 is 39.8 Å². The highest BCUT2D eigenvalue weighted by Crippen LogP contribution is 2.30. The molecule has 0 saturated carbocycles. The van der Waals surface area contributed by atoms with Crippen molar-refractivity contribution in [2.24, 2.45) is 0 Å². The molecule has 0 saturated heterocycles. The summed E-state index contributed by atoms with van der Waals surface area (Å²) in [5.74, 6) is 0.118. The number of hydrogen-bond donors (Lipinski definition) is 1. The minimum Gasteiger partial charge on any atom is -0.351 e. The second kappa shape index (κ2) is 6.00. The Morgan fingerprint density at radius 1 is 1.44 bits per heavy atom. The van der Waals surface area contributed by atoms with Crippen LogP contribution in [0.1, 0.15) is 39.4 Å². The summed E-state index contributed by atoms with van der Waals surface area (Å²) in [7, 11) is 0. The highest BCUT2D eigenvalue weighted by molar-refractivity contribution is 14.1. The van der Waals surface area contributed by atoms with Gasteiger partial charge in [0.1, 0.15) is 0 Å². The highest BCUT2D eigenvalue weighted by Gasteiger charge is 2.17. The van der Waals surface area contributed by atoms with Gasteiger partial charge in [0, 0.05) is 11.4 Å². The Hall–Kier alpha value is -0.100. The summed E-state index contributed by atoms with van der Waals surface area (Å²) in [4.78, 5) is 14.1. The molecular formula is C12H16INOS. The fourth-order valence-corrected chi connectivity index (χ4v) is 3.66. The maximum absolute atomic E-state index is 11.8. The molecule has 1 heterocycles. The molecule has 0 aromatic carbocycles. The van der Waals surface area contributed by atoms with Gasteiger partial charge in [-0.1, -0.05) is 22.6 Å². The summed E-state index contributed by atoms with van der Waals surface area (Å²) in [6.45, 7) is 0.810. The number of halogens is 1. The van der Waals surface area contributed by atoms with Gasteiger partial charge in [-0.05, 0) is 48.2 Å². The number of carbonyl (C=O) groups is 1. The number of aryl methyl sites for hydroxylation is 2. The Kier molecular flexibility index (Phi) is 4.64. The lowest BCUT2D eigenvalue weighted by atomic mass is 10.2. The quantitative estimate of drug-likeness (QED) is 0.494. The first-order chi connectivity index (χ1) is 7.81. The molecule has 0 unspecified atom stereocenters. The van der Waals surface area contributed by atoms with Gasteiger partial charge in [-0.15, -0.1) is 11.3 Å². The summed E-state index contributed by atoms with van der Waals surface area (Å²) in [5, 5.41) is 2.99. The SMILES string of the molecule is O=C(NCCCCI)c1cc2c(s1)CCC2. The number of nitrogens with one attached hydrogen (secondary N) is 1. The first kappa shape index (κ1) is 12.4. The fraction of sp³-hybridized carbons (Fsp3) is 0.583. The standard InChI is InChI=1S/C12H16INOS/c13-6-1-2-7-14-12(15)11-8-9-4-3-5-10(9)16-11/h8H,1-7H2,(H,14,15). The summed E-state index contributed by atoms with van der Waals surface area (Å²) in [6, 6.07) is 2.08. The number of hydrogen-bond acceptors (Lipinski definition) is 2. The minimum atomic E-state index is 0.118. The zero-order valence-electron chi connectivity index (χ0n) is 9.22. The first-order valence-corrected chi connectivity index (χ1v) is 8.11. The lowest BCUT2D eigenvalue weighted by molar-refractivity contribution is 0.0957. The first-order valence-electron chi connectivity index (χ1n) is 5.77. The molecule has 1 aliphatic rings. The topological polar surface area (TPSA) is 29.1 Å². The fourth-order valence-electron chi connectivity index (χ4n) is 1.95. The molecule has 1 aliphatic carbocycles. The normalized spacial score (nSPS) is 13.8. The summed E-state index contributed by atoms with van der Waals surface area (Å²) >= 11 is 4.05. The van der Waals surface area contributed by atoms with Crippen LogP contribution in [0.15, 0.2) is 6.07 Å². The monoisotopic (exact) mass is 349 g/mol. The van der Waals surface area contributed by atoms with Crippen molar-refractivity contribution in [2.75, 3.05) is 11.0 Å². The van der Waals surface area contributed by atoms with Gasteiger partial charge in [0.25, 0.3) is 5.91 Å². The maximum Gasteiger partial charge on any atom is 0.261 e. The molecule has 0 aliphatic heterocycles. The highest BCUT2D eigenvalue weighted by atomic mass is 127. The molecule has 1 aromatic heterocycles. The van der Waals surface area contributed by atoms with Crippen LogP contribution < -0.4 is 5.32 Å². The Balaban J connectivity index is 1.84. The Morgan fingerprint density at radius 2 is 2.31 bits per heavy atom. The van der Waals surface area contributed by atoms with E-state index in [4.69, 9.17) is 0 Å². The number of carbonyl (C=O) groups excluding carboxylic acids is 1. The van der Waals surface area contributed by atoms with Crippen molar-refractivity contribution in [3.63, 3.8) is 0 Å². The molecule has 88 valence electrons. The van der Waals surface area contributed by atoms with Crippen LogP contribution in [0.3, 0.4) is 0 Å². The molecule has 1 aromatic rings. The lowest BCUT2D eigenvalue weighted by Crippen LogP contribution is -2.23. The molecule has 1 N–H and O–H groups in total. The number of alkyl halides is 1. The summed E-state index contributed by atoms with van der Waals surface area (Å²) in [6.07, 6.45) is 5.86. The van der Waals surface area contributed by atoms with Gasteiger partial charge in [-0.3, -0.25) is 4.79 Å². The predicted molar refractivity (Wildman–Crippen MR) is 76.8 cm³/mol. The van der Waals surface area contributed by atoms with E-state index in [1.54, 1.807) is 11.3 Å². The molecule has 2 nitrogen and oxygen atoms in total. The van der Waals surface area contributed by atoms with Crippen LogP contribution in [-0.2, 0) is 12.8 Å². The zero-order chi connectivity index (χ0) is 11.4. The second-order valence-corrected chi connectivity index (χ2v) is 6.28. The largest absolute Gasteiger partial charge is 0.351 e. The molecular weight excluding hydrogens is 333 g/mol. The van der Waals surface area contributed by atoms with Crippen molar-refractivity contribution in [3.8, 4) is 0 Å². The molecule has 0 bridgehead atoms. The van der Waals surface area contributed by atoms with Crippen LogP contribution in [0.4, 0.5) is 0 Å². The Morgan fingerprint density at radius 3 is 3.06 bits per heavy atom. The summed E-state index contributed by atoms with van der Waals surface area (Å²) in [5.41, 5.74) is 1.41. The van der Waals surface area contributed by atoms with Crippen molar-refractivity contribution in [2.45, 2.75) is 32.1 Å². The molecule has 0 atom stereocenters. The Labute approximate surface area is 114 Å². The van der Waals surface area contributed by atoms with E-state index in [2.05, 4.69) is 34.0 Å². The van der Waals surface area contributed by atoms with E-state index in [1.165, 1.54) is 34.1 Å². The van der Waals surface area contributed by atoms with E-state index < -0.39 is 0 Å². The maximum atomic E-state index is 11.8. The average Bonchev–Trinajstić information content (AvgIpc) is 2.83. The van der Waals surface area contributed by atoms with Crippen LogP contribution >= 0.6 is 33.9 Å². The van der Waals surface area contributed by atoms with E-state index in [0.717, 1.165) is 24.3 Å². The van der Waals surface area contributed by atoms with Gasteiger partial charge < -0.3 is 5.32 Å². The van der Waals surface area contributed by atoms with Gasteiger partial charge in [0.15, 0.2) is 0 Å². The van der Waals surface area contributed by atoms with Crippen LogP contribution in [0.25, 0.3) is 0 Å². The minimum absolute atomic E-state index is 0.118. The van der Waals surface area contributed by atoms with Gasteiger partial charge in [0.2, 0.25) is 0 Å². The van der Waals surface area contributed by atoms with Crippen LogP contribution in [0.5, 0.6) is 0 Å². The molecule has 4 heteroatoms. The van der Waals surface area contributed by atoms with E-state index in [1.807, 2.05) is 0 Å². The zero-order valence-corrected chi connectivity index (χ0v) is 12.2. The average molecular weight is 349 g/mol.